The van der Waals surface area contributed by atoms with Crippen molar-refractivity contribution in [2.75, 3.05) is 20.2 Å². The van der Waals surface area contributed by atoms with Gasteiger partial charge in [-0.2, -0.15) is 5.10 Å². The van der Waals surface area contributed by atoms with E-state index in [0.29, 0.717) is 5.75 Å². The Kier molecular flexibility index (Phi) is 5.11. The monoisotopic (exact) mass is 364 g/mol. The molecule has 6 nitrogen and oxygen atoms in total. The van der Waals surface area contributed by atoms with Crippen molar-refractivity contribution < 1.29 is 18.3 Å². The number of benzene rings is 1. The fraction of sp³-hybridized carbons (Fsp3) is 0.444. The van der Waals surface area contributed by atoms with E-state index >= 15 is 0 Å². The molecule has 140 valence electrons. The lowest BCUT2D eigenvalue weighted by Gasteiger charge is -2.32. The molecule has 1 aliphatic rings. The number of carbonyl (C=O) groups is 1. The second-order valence-electron chi connectivity index (χ2n) is 6.40. The second-order valence-corrected chi connectivity index (χ2v) is 6.40. The van der Waals surface area contributed by atoms with Crippen LogP contribution >= 0.6 is 0 Å². The van der Waals surface area contributed by atoms with Crippen LogP contribution in [0.2, 0.25) is 0 Å². The molecule has 26 heavy (non-hydrogen) atoms. The molecule has 0 saturated carbocycles. The summed E-state index contributed by atoms with van der Waals surface area (Å²) < 4.78 is 33.4. The van der Waals surface area contributed by atoms with E-state index in [2.05, 4.69) is 10.4 Å². The van der Waals surface area contributed by atoms with Gasteiger partial charge in [0.1, 0.15) is 11.4 Å². The Labute approximate surface area is 150 Å². The van der Waals surface area contributed by atoms with Crippen molar-refractivity contribution in [1.82, 2.24) is 20.0 Å². The van der Waals surface area contributed by atoms with E-state index in [1.807, 2.05) is 37.4 Å². The number of likely N-dealkylation sites (tertiary alicyclic amines) is 1. The first-order chi connectivity index (χ1) is 12.4. The van der Waals surface area contributed by atoms with Crippen LogP contribution in [0.15, 0.2) is 36.7 Å². The van der Waals surface area contributed by atoms with Gasteiger partial charge in [-0.15, -0.1) is 0 Å². The Morgan fingerprint density at radius 1 is 1.31 bits per heavy atom. The lowest BCUT2D eigenvalue weighted by molar-refractivity contribution is -0.0470. The molecule has 1 saturated heterocycles. The van der Waals surface area contributed by atoms with Gasteiger partial charge in [0.05, 0.1) is 19.3 Å². The van der Waals surface area contributed by atoms with Crippen molar-refractivity contribution >= 4 is 6.03 Å². The molecule has 2 aromatic rings. The molecule has 0 unspecified atom stereocenters. The zero-order chi connectivity index (χ0) is 18.7. The number of carbonyl (C=O) groups excluding carboxylic acids is 1. The molecule has 1 aromatic heterocycles. The van der Waals surface area contributed by atoms with Crippen molar-refractivity contribution in [3.05, 3.63) is 42.2 Å². The van der Waals surface area contributed by atoms with E-state index in [9.17, 15) is 13.6 Å². The minimum atomic E-state index is -2.67. The Morgan fingerprint density at radius 2 is 2.00 bits per heavy atom. The van der Waals surface area contributed by atoms with Crippen LogP contribution in [0.1, 0.15) is 31.4 Å². The highest BCUT2D eigenvalue weighted by molar-refractivity contribution is 5.74. The van der Waals surface area contributed by atoms with Crippen molar-refractivity contribution in [1.29, 1.82) is 0 Å². The molecule has 1 aromatic carbocycles. The summed E-state index contributed by atoms with van der Waals surface area (Å²) in [6, 6.07) is 6.85. The smallest absolute Gasteiger partial charge is 0.317 e. The quantitative estimate of drug-likeness (QED) is 0.905. The first-order valence-electron chi connectivity index (χ1n) is 8.51. The van der Waals surface area contributed by atoms with Crippen LogP contribution in [0.3, 0.4) is 0 Å². The maximum absolute atomic E-state index is 13.2. The number of rotatable bonds is 4. The molecule has 0 aliphatic carbocycles. The number of piperidine rings is 1. The van der Waals surface area contributed by atoms with Crippen LogP contribution in [0.25, 0.3) is 5.69 Å². The molecule has 1 N–H and O–H groups in total. The van der Waals surface area contributed by atoms with Gasteiger partial charge in [0.25, 0.3) is 5.92 Å². The first-order valence-corrected chi connectivity index (χ1v) is 8.51. The normalized spacial score (nSPS) is 17.6. The Bertz CT molecular complexity index is 768. The molecule has 0 radical (unpaired) electrons. The van der Waals surface area contributed by atoms with Crippen LogP contribution in [0.4, 0.5) is 13.6 Å². The molecule has 2 heterocycles. The minimum absolute atomic E-state index is 0.0615. The number of nitrogens with zero attached hydrogens (tertiary/aromatic N) is 3. The number of ether oxygens (including phenoxy) is 1. The van der Waals surface area contributed by atoms with Crippen LogP contribution < -0.4 is 10.1 Å². The lowest BCUT2D eigenvalue weighted by Crippen LogP contribution is -2.47. The van der Waals surface area contributed by atoms with Gasteiger partial charge in [0.15, 0.2) is 0 Å². The average molecular weight is 364 g/mol. The molecular weight excluding hydrogens is 342 g/mol. The Hall–Kier alpha value is -2.64. The molecular formula is C18H22F2N4O2. The standard InChI is InChI=1S/C18H22F2N4O2/c1-13(22-17(25)23-9-7-18(19,20)8-10-23)14-11-21-24(12-14)15-5-3-4-6-16(15)26-2/h3-6,11-13H,7-10H2,1-2H3,(H,22,25)/t13-/m0/s1. The summed E-state index contributed by atoms with van der Waals surface area (Å²) in [6.07, 6.45) is 2.90. The lowest BCUT2D eigenvalue weighted by atomic mass is 10.1. The van der Waals surface area contributed by atoms with Gasteiger partial charge >= 0.3 is 6.03 Å². The van der Waals surface area contributed by atoms with E-state index in [4.69, 9.17) is 4.74 Å². The topological polar surface area (TPSA) is 59.4 Å². The highest BCUT2D eigenvalue weighted by Gasteiger charge is 2.35. The van der Waals surface area contributed by atoms with E-state index in [0.717, 1.165) is 11.3 Å². The number of alkyl halides is 2. The summed E-state index contributed by atoms with van der Waals surface area (Å²) in [5, 5.41) is 7.17. The first kappa shape index (κ1) is 18.2. The van der Waals surface area contributed by atoms with Crippen molar-refractivity contribution in [2.45, 2.75) is 31.7 Å². The number of halogens is 2. The Balaban J connectivity index is 1.65. The zero-order valence-corrected chi connectivity index (χ0v) is 14.8. The third-order valence-corrected chi connectivity index (χ3v) is 4.56. The summed E-state index contributed by atoms with van der Waals surface area (Å²) in [5.41, 5.74) is 1.60. The van der Waals surface area contributed by atoms with Crippen LogP contribution in [0.5, 0.6) is 5.75 Å². The molecule has 0 spiro atoms. The number of hydrogen-bond acceptors (Lipinski definition) is 3. The van der Waals surface area contributed by atoms with Gasteiger partial charge in [-0.3, -0.25) is 0 Å². The SMILES string of the molecule is COc1ccccc1-n1cc([C@H](C)NC(=O)N2CCC(F)(F)CC2)cn1. The molecule has 3 rings (SSSR count). The number of methoxy groups -OCH3 is 1. The highest BCUT2D eigenvalue weighted by Crippen LogP contribution is 2.28. The summed E-state index contributed by atoms with van der Waals surface area (Å²) in [7, 11) is 1.59. The predicted octanol–water partition coefficient (Wildman–Crippen LogP) is 3.38. The maximum Gasteiger partial charge on any atom is 0.317 e. The molecule has 1 fully saturated rings. The van der Waals surface area contributed by atoms with Crippen LogP contribution in [-0.2, 0) is 0 Å². The average Bonchev–Trinajstić information content (AvgIpc) is 3.11. The molecule has 1 atom stereocenters. The maximum atomic E-state index is 13.2. The summed E-state index contributed by atoms with van der Waals surface area (Å²) in [5.74, 6) is -1.98. The zero-order valence-electron chi connectivity index (χ0n) is 14.8. The van der Waals surface area contributed by atoms with Crippen LogP contribution in [0, 0.1) is 0 Å². The molecule has 1 aliphatic heterocycles. The summed E-state index contributed by atoms with van der Waals surface area (Å²) in [6.45, 7) is 1.96. The van der Waals surface area contributed by atoms with Crippen molar-refractivity contribution in [3.63, 3.8) is 0 Å². The van der Waals surface area contributed by atoms with E-state index in [1.54, 1.807) is 18.0 Å². The number of amides is 2. The van der Waals surface area contributed by atoms with Gasteiger partial charge in [0, 0.05) is 37.7 Å². The van der Waals surface area contributed by atoms with Gasteiger partial charge in [0.2, 0.25) is 0 Å². The van der Waals surface area contributed by atoms with Crippen molar-refractivity contribution in [3.8, 4) is 11.4 Å². The van der Waals surface area contributed by atoms with Gasteiger partial charge in [-0.25, -0.2) is 18.3 Å². The molecule has 0 bridgehead atoms. The number of nitrogens with one attached hydrogen (secondary N) is 1. The highest BCUT2D eigenvalue weighted by atomic mass is 19.3. The van der Waals surface area contributed by atoms with E-state index in [1.165, 1.54) is 4.90 Å². The van der Waals surface area contributed by atoms with E-state index in [-0.39, 0.29) is 38.0 Å². The fourth-order valence-corrected chi connectivity index (χ4v) is 2.91. The Morgan fingerprint density at radius 3 is 2.69 bits per heavy atom. The van der Waals surface area contributed by atoms with Gasteiger partial charge in [-0.05, 0) is 19.1 Å². The molecule has 2 amide bonds. The van der Waals surface area contributed by atoms with Gasteiger partial charge in [-0.1, -0.05) is 12.1 Å². The number of hydrogen-bond donors (Lipinski definition) is 1. The van der Waals surface area contributed by atoms with Crippen molar-refractivity contribution in [2.24, 2.45) is 0 Å². The minimum Gasteiger partial charge on any atom is -0.494 e. The van der Waals surface area contributed by atoms with Gasteiger partial charge < -0.3 is 15.0 Å². The summed E-state index contributed by atoms with van der Waals surface area (Å²) in [4.78, 5) is 13.7. The number of aromatic nitrogens is 2. The number of para-hydroxylation sites is 2. The molecule has 8 heteroatoms. The third-order valence-electron chi connectivity index (χ3n) is 4.56. The number of urea groups is 1. The largest absolute Gasteiger partial charge is 0.494 e. The van der Waals surface area contributed by atoms with E-state index < -0.39 is 5.92 Å². The fourth-order valence-electron chi connectivity index (χ4n) is 2.91. The van der Waals surface area contributed by atoms with Crippen LogP contribution in [-0.4, -0.2) is 46.8 Å². The predicted molar refractivity (Wildman–Crippen MR) is 92.8 cm³/mol. The second kappa shape index (κ2) is 7.31. The summed E-state index contributed by atoms with van der Waals surface area (Å²) >= 11 is 0. The third kappa shape index (κ3) is 3.95.